The highest BCUT2D eigenvalue weighted by Gasteiger charge is 2.47. The van der Waals surface area contributed by atoms with Crippen molar-refractivity contribution in [3.8, 4) is 0 Å². The number of benzene rings is 2. The number of furan rings is 1. The second-order valence-electron chi connectivity index (χ2n) is 8.53. The fraction of sp³-hybridized carbons (Fsp3) is 0.308. The number of carbonyl (C=O) groups excluding carboxylic acids is 2. The molecule has 1 fully saturated rings. The maximum absolute atomic E-state index is 13.6. The summed E-state index contributed by atoms with van der Waals surface area (Å²) in [6, 6.07) is 14.5. The summed E-state index contributed by atoms with van der Waals surface area (Å²) >= 11 is 3.43. The van der Waals surface area contributed by atoms with Gasteiger partial charge in [0.1, 0.15) is 5.58 Å². The summed E-state index contributed by atoms with van der Waals surface area (Å²) in [5.41, 5.74) is 2.69. The lowest BCUT2D eigenvalue weighted by Crippen LogP contribution is -2.38. The quantitative estimate of drug-likeness (QED) is 0.424. The van der Waals surface area contributed by atoms with Crippen LogP contribution in [-0.4, -0.2) is 27.7 Å². The lowest BCUT2D eigenvalue weighted by atomic mass is 9.93. The Labute approximate surface area is 194 Å². The lowest BCUT2D eigenvalue weighted by molar-refractivity contribution is -0.131. The number of hydrogen-bond acceptors (Lipinski definition) is 4. The Morgan fingerprint density at radius 1 is 1.12 bits per heavy atom. The Kier molecular flexibility index (Phi) is 5.41. The molecule has 164 valence electrons. The Hall–Kier alpha value is -2.86. The van der Waals surface area contributed by atoms with Crippen LogP contribution in [0.1, 0.15) is 60.3 Å². The van der Waals surface area contributed by atoms with Gasteiger partial charge >= 0.3 is 0 Å². The van der Waals surface area contributed by atoms with Crippen LogP contribution in [0, 0.1) is 0 Å². The Balaban J connectivity index is 1.60. The van der Waals surface area contributed by atoms with Crippen LogP contribution in [-0.2, 0) is 11.2 Å². The highest BCUT2D eigenvalue weighted by molar-refractivity contribution is 9.10. The molecular weight excluding hydrogens is 470 g/mol. The number of ketones is 1. The van der Waals surface area contributed by atoms with E-state index in [0.29, 0.717) is 5.58 Å². The predicted octanol–water partition coefficient (Wildman–Crippen LogP) is 6.28. The van der Waals surface area contributed by atoms with Gasteiger partial charge in [-0.15, -0.1) is 0 Å². The van der Waals surface area contributed by atoms with Gasteiger partial charge in [0.25, 0.3) is 5.91 Å². The van der Waals surface area contributed by atoms with Crippen molar-refractivity contribution in [3.63, 3.8) is 0 Å². The number of aliphatic hydroxyl groups excluding tert-OH is 1. The summed E-state index contributed by atoms with van der Waals surface area (Å²) in [7, 11) is 0. The van der Waals surface area contributed by atoms with Gasteiger partial charge in [-0.1, -0.05) is 60.0 Å². The number of halogens is 1. The molecule has 0 bridgehead atoms. The summed E-state index contributed by atoms with van der Waals surface area (Å²) in [5.74, 6) is -1.26. The monoisotopic (exact) mass is 493 g/mol. The van der Waals surface area contributed by atoms with Crippen molar-refractivity contribution in [2.45, 2.75) is 51.1 Å². The van der Waals surface area contributed by atoms with Gasteiger partial charge in [-0.05, 0) is 54.7 Å². The second kappa shape index (κ2) is 8.24. The van der Waals surface area contributed by atoms with Crippen LogP contribution >= 0.6 is 15.9 Å². The van der Waals surface area contributed by atoms with Gasteiger partial charge < -0.3 is 14.4 Å². The smallest absolute Gasteiger partial charge is 0.290 e. The molecule has 2 aromatic carbocycles. The number of amides is 1. The van der Waals surface area contributed by atoms with Crippen LogP contribution in [0.4, 0.5) is 0 Å². The van der Waals surface area contributed by atoms with Crippen molar-refractivity contribution in [2.24, 2.45) is 0 Å². The number of Topliss-reactive ketones (excluding diaryl/α,β-unsaturated/α-hetero) is 1. The van der Waals surface area contributed by atoms with Crippen LogP contribution < -0.4 is 0 Å². The van der Waals surface area contributed by atoms with Gasteiger partial charge in [0.15, 0.2) is 11.5 Å². The Bertz CT molecular complexity index is 1230. The molecule has 0 spiro atoms. The minimum atomic E-state index is -0.621. The molecule has 1 saturated carbocycles. The molecule has 32 heavy (non-hydrogen) atoms. The third kappa shape index (κ3) is 3.47. The zero-order valence-corrected chi connectivity index (χ0v) is 19.4. The summed E-state index contributed by atoms with van der Waals surface area (Å²) in [4.78, 5) is 28.5. The topological polar surface area (TPSA) is 70.7 Å². The van der Waals surface area contributed by atoms with Gasteiger partial charge in [0, 0.05) is 15.9 Å². The first kappa shape index (κ1) is 21.0. The van der Waals surface area contributed by atoms with E-state index in [2.05, 4.69) is 22.9 Å². The van der Waals surface area contributed by atoms with Gasteiger partial charge in [0.05, 0.1) is 11.6 Å². The van der Waals surface area contributed by atoms with Crippen LogP contribution in [0.3, 0.4) is 0 Å². The minimum Gasteiger partial charge on any atom is -0.503 e. The van der Waals surface area contributed by atoms with Crippen LogP contribution in [0.2, 0.25) is 0 Å². The van der Waals surface area contributed by atoms with Crippen LogP contribution in [0.15, 0.2) is 68.8 Å². The van der Waals surface area contributed by atoms with Crippen molar-refractivity contribution in [3.05, 3.63) is 81.2 Å². The fourth-order valence-electron chi connectivity index (χ4n) is 4.94. The molecule has 1 aliphatic carbocycles. The van der Waals surface area contributed by atoms with Gasteiger partial charge in [-0.2, -0.15) is 0 Å². The minimum absolute atomic E-state index is 0.0115. The first-order chi connectivity index (χ1) is 15.5. The molecule has 0 radical (unpaired) electrons. The molecule has 1 aliphatic heterocycles. The van der Waals surface area contributed by atoms with E-state index in [1.807, 2.05) is 36.4 Å². The van der Waals surface area contributed by atoms with Crippen molar-refractivity contribution < 1.29 is 19.1 Å². The number of hydrogen-bond donors (Lipinski definition) is 1. The second-order valence-corrected chi connectivity index (χ2v) is 9.45. The van der Waals surface area contributed by atoms with Crippen molar-refractivity contribution in [2.75, 3.05) is 0 Å². The van der Waals surface area contributed by atoms with E-state index in [4.69, 9.17) is 4.42 Å². The number of rotatable bonds is 5. The zero-order valence-electron chi connectivity index (χ0n) is 17.8. The fourth-order valence-corrected chi connectivity index (χ4v) is 5.31. The number of fused-ring (bicyclic) bond motifs is 1. The summed E-state index contributed by atoms with van der Waals surface area (Å²) < 4.78 is 6.70. The van der Waals surface area contributed by atoms with E-state index in [9.17, 15) is 14.7 Å². The molecule has 6 heteroatoms. The van der Waals surface area contributed by atoms with Crippen LogP contribution in [0.5, 0.6) is 0 Å². The van der Waals surface area contributed by atoms with Crippen molar-refractivity contribution >= 4 is 38.6 Å². The molecular formula is C26H24BrNO4. The predicted molar refractivity (Wildman–Crippen MR) is 126 cm³/mol. The highest BCUT2D eigenvalue weighted by Crippen LogP contribution is 2.43. The normalized spacial score (nSPS) is 19.5. The summed E-state index contributed by atoms with van der Waals surface area (Å²) in [6.07, 6.45) is 4.74. The maximum atomic E-state index is 13.6. The Morgan fingerprint density at radius 2 is 1.84 bits per heavy atom. The summed E-state index contributed by atoms with van der Waals surface area (Å²) in [5, 5.41) is 11.7. The van der Waals surface area contributed by atoms with E-state index < -0.39 is 23.5 Å². The third-order valence-corrected chi connectivity index (χ3v) is 7.11. The maximum Gasteiger partial charge on any atom is 0.290 e. The molecule has 0 saturated heterocycles. The van der Waals surface area contributed by atoms with Gasteiger partial charge in [-0.25, -0.2) is 0 Å². The molecule has 5 nitrogen and oxygen atoms in total. The first-order valence-electron chi connectivity index (χ1n) is 11.1. The zero-order chi connectivity index (χ0) is 22.4. The number of aliphatic hydroxyl groups is 1. The molecule has 1 atom stereocenters. The SMILES string of the molecule is CCc1ccc(C2C(C(=O)c3cc4cc(Br)ccc4o3)=C(O)C(=O)N2C2CCCC2)cc1. The van der Waals surface area contributed by atoms with Gasteiger partial charge in [0.2, 0.25) is 5.78 Å². The first-order valence-corrected chi connectivity index (χ1v) is 11.9. The van der Waals surface area contributed by atoms with E-state index in [0.717, 1.165) is 47.5 Å². The summed E-state index contributed by atoms with van der Waals surface area (Å²) in [6.45, 7) is 2.08. The number of aryl methyl sites for hydroxylation is 1. The molecule has 5 rings (SSSR count). The molecule has 1 aromatic heterocycles. The molecule has 2 heterocycles. The molecule has 2 aliphatic rings. The van der Waals surface area contributed by atoms with Gasteiger partial charge in [-0.3, -0.25) is 9.59 Å². The van der Waals surface area contributed by atoms with Crippen LogP contribution in [0.25, 0.3) is 11.0 Å². The third-order valence-electron chi connectivity index (χ3n) is 6.61. The van der Waals surface area contributed by atoms with Crippen molar-refractivity contribution in [1.29, 1.82) is 0 Å². The average molecular weight is 494 g/mol. The Morgan fingerprint density at radius 3 is 2.53 bits per heavy atom. The van der Waals surface area contributed by atoms with E-state index in [-0.39, 0.29) is 17.4 Å². The van der Waals surface area contributed by atoms with E-state index in [1.165, 1.54) is 5.56 Å². The molecule has 3 aromatic rings. The standard InChI is InChI=1S/C26H24BrNO4/c1-2-15-7-9-16(10-8-15)23-22(25(30)26(31)28(23)19-5-3-4-6-19)24(29)21-14-17-13-18(27)11-12-20(17)32-21/h7-14,19,23,30H,2-6H2,1H3. The number of nitrogens with zero attached hydrogens (tertiary/aromatic N) is 1. The molecule has 1 unspecified atom stereocenters. The number of carbonyl (C=O) groups is 2. The molecule has 1 N–H and O–H groups in total. The average Bonchev–Trinajstić information content (AvgIpc) is 3.52. The highest BCUT2D eigenvalue weighted by atomic mass is 79.9. The lowest BCUT2D eigenvalue weighted by Gasteiger charge is -2.32. The van der Waals surface area contributed by atoms with E-state index in [1.54, 1.807) is 17.0 Å². The van der Waals surface area contributed by atoms with Crippen molar-refractivity contribution in [1.82, 2.24) is 4.90 Å². The molecule has 1 amide bonds. The van der Waals surface area contributed by atoms with E-state index >= 15 is 0 Å². The largest absolute Gasteiger partial charge is 0.503 e.